The molecule has 0 spiro atoms. The van der Waals surface area contributed by atoms with Gasteiger partial charge in [0.05, 0.1) is 26.9 Å². The minimum atomic E-state index is -4.47. The highest BCUT2D eigenvalue weighted by Gasteiger charge is 2.37. The first kappa shape index (κ1) is 21.8. The molecule has 0 saturated heterocycles. The number of nitrogens with zero attached hydrogens (tertiary/aromatic N) is 2. The number of nitrogens with one attached hydrogen (secondary N) is 1. The second kappa shape index (κ2) is 8.85. The van der Waals surface area contributed by atoms with Crippen molar-refractivity contribution in [1.29, 1.82) is 0 Å². The van der Waals surface area contributed by atoms with Crippen LogP contribution in [0.2, 0.25) is 0 Å². The fourth-order valence-corrected chi connectivity index (χ4v) is 3.26. The number of amides is 1. The summed E-state index contributed by atoms with van der Waals surface area (Å²) < 4.78 is 56.1. The molecule has 1 aliphatic carbocycles. The van der Waals surface area contributed by atoms with Crippen molar-refractivity contribution < 1.29 is 32.2 Å². The summed E-state index contributed by atoms with van der Waals surface area (Å²) >= 11 is 0. The lowest BCUT2D eigenvalue weighted by Crippen LogP contribution is -2.26. The van der Waals surface area contributed by atoms with E-state index in [0.29, 0.717) is 23.6 Å². The Bertz CT molecular complexity index is 907. The number of methoxy groups -OCH3 is 3. The predicted molar refractivity (Wildman–Crippen MR) is 102 cm³/mol. The van der Waals surface area contributed by atoms with E-state index in [1.54, 1.807) is 12.1 Å². The van der Waals surface area contributed by atoms with Crippen LogP contribution in [0.5, 0.6) is 17.2 Å². The van der Waals surface area contributed by atoms with E-state index in [4.69, 9.17) is 14.2 Å². The molecule has 7 nitrogen and oxygen atoms in total. The van der Waals surface area contributed by atoms with E-state index in [-0.39, 0.29) is 36.2 Å². The van der Waals surface area contributed by atoms with Crippen LogP contribution < -0.4 is 19.5 Å². The number of rotatable bonds is 9. The number of carbonyl (C=O) groups is 1. The molecule has 164 valence electrons. The highest BCUT2D eigenvalue weighted by molar-refractivity contribution is 5.98. The number of aromatic nitrogens is 2. The van der Waals surface area contributed by atoms with Crippen LogP contribution in [0.4, 0.5) is 13.2 Å². The molecule has 30 heavy (non-hydrogen) atoms. The molecular formula is C20H24F3N3O4. The van der Waals surface area contributed by atoms with Gasteiger partial charge in [0.2, 0.25) is 5.75 Å². The second-order valence-electron chi connectivity index (χ2n) is 6.94. The van der Waals surface area contributed by atoms with Crippen LogP contribution in [0.15, 0.2) is 18.2 Å². The number of hydrogen-bond donors (Lipinski definition) is 1. The molecule has 0 aliphatic heterocycles. The first-order chi connectivity index (χ1) is 14.3. The van der Waals surface area contributed by atoms with Gasteiger partial charge in [-0.05, 0) is 37.5 Å². The normalized spacial score (nSPS) is 13.8. The van der Waals surface area contributed by atoms with Gasteiger partial charge in [-0.3, -0.25) is 9.48 Å². The number of hydrogen-bond acceptors (Lipinski definition) is 5. The van der Waals surface area contributed by atoms with Crippen molar-refractivity contribution in [3.8, 4) is 17.2 Å². The van der Waals surface area contributed by atoms with Gasteiger partial charge in [0.25, 0.3) is 5.91 Å². The molecular weight excluding hydrogens is 403 g/mol. The number of halogens is 3. The van der Waals surface area contributed by atoms with Crippen molar-refractivity contribution in [2.24, 2.45) is 0 Å². The Morgan fingerprint density at radius 2 is 1.87 bits per heavy atom. The zero-order valence-electron chi connectivity index (χ0n) is 17.0. The van der Waals surface area contributed by atoms with Crippen molar-refractivity contribution in [3.63, 3.8) is 0 Å². The highest BCUT2D eigenvalue weighted by Crippen LogP contribution is 2.42. The summed E-state index contributed by atoms with van der Waals surface area (Å²) in [4.78, 5) is 12.6. The number of aryl methyl sites for hydroxylation is 1. The van der Waals surface area contributed by atoms with Gasteiger partial charge in [0.1, 0.15) is 0 Å². The lowest BCUT2D eigenvalue weighted by molar-refractivity contribution is -0.141. The summed E-state index contributed by atoms with van der Waals surface area (Å²) in [5.74, 6) is 0.730. The average Bonchev–Trinajstić information content (AvgIpc) is 3.47. The maximum absolute atomic E-state index is 13.0. The quantitative estimate of drug-likeness (QED) is 0.619. The molecule has 1 aromatic carbocycles. The summed E-state index contributed by atoms with van der Waals surface area (Å²) in [6, 6.07) is 4.29. The van der Waals surface area contributed by atoms with E-state index in [1.165, 1.54) is 26.0 Å². The molecule has 0 unspecified atom stereocenters. The predicted octanol–water partition coefficient (Wildman–Crippen LogP) is 3.63. The summed E-state index contributed by atoms with van der Waals surface area (Å²) in [6.45, 7) is 0.549. The number of carbonyl (C=O) groups excluding carboxylic acids is 1. The third-order valence-corrected chi connectivity index (χ3v) is 4.88. The minimum absolute atomic E-state index is 0.138. The molecule has 1 aliphatic rings. The van der Waals surface area contributed by atoms with Gasteiger partial charge >= 0.3 is 6.18 Å². The van der Waals surface area contributed by atoms with Crippen molar-refractivity contribution in [3.05, 3.63) is 35.2 Å². The molecule has 1 N–H and O–H groups in total. The average molecular weight is 427 g/mol. The van der Waals surface area contributed by atoms with E-state index >= 15 is 0 Å². The molecule has 1 fully saturated rings. The first-order valence-corrected chi connectivity index (χ1v) is 9.52. The summed E-state index contributed by atoms with van der Waals surface area (Å²) in [6.07, 6.45) is -2.29. The first-order valence-electron chi connectivity index (χ1n) is 9.52. The number of benzene rings is 1. The molecule has 1 saturated carbocycles. The fourth-order valence-electron chi connectivity index (χ4n) is 3.26. The van der Waals surface area contributed by atoms with Crippen LogP contribution in [0.1, 0.15) is 46.9 Å². The molecule has 1 amide bonds. The maximum atomic E-state index is 13.0. The van der Waals surface area contributed by atoms with Crippen molar-refractivity contribution in [2.45, 2.75) is 37.9 Å². The zero-order valence-corrected chi connectivity index (χ0v) is 17.0. The third-order valence-electron chi connectivity index (χ3n) is 4.88. The Balaban J connectivity index is 1.63. The van der Waals surface area contributed by atoms with Gasteiger partial charge in [-0.25, -0.2) is 0 Å². The molecule has 1 aromatic heterocycles. The van der Waals surface area contributed by atoms with E-state index in [2.05, 4.69) is 10.4 Å². The second-order valence-corrected chi connectivity index (χ2v) is 6.94. The molecule has 2 aromatic rings. The topological polar surface area (TPSA) is 74.6 Å². The lowest BCUT2D eigenvalue weighted by Gasteiger charge is -2.15. The minimum Gasteiger partial charge on any atom is -0.493 e. The molecule has 0 bridgehead atoms. The van der Waals surface area contributed by atoms with Crippen molar-refractivity contribution in [2.75, 3.05) is 27.9 Å². The standard InChI is InChI=1S/C20H24F3N3O4/c1-28-15-8-7-13(17(29-2)18(15)30-3)19(27)24-9-4-10-26-14(12-5-6-12)11-16(25-26)20(21,22)23/h7-8,11-12H,4-6,9-10H2,1-3H3,(H,24,27). The van der Waals surface area contributed by atoms with Crippen molar-refractivity contribution in [1.82, 2.24) is 15.1 Å². The Morgan fingerprint density at radius 1 is 1.17 bits per heavy atom. The fraction of sp³-hybridized carbons (Fsp3) is 0.500. The maximum Gasteiger partial charge on any atom is 0.435 e. The summed E-state index contributed by atoms with van der Waals surface area (Å²) in [7, 11) is 4.34. The monoisotopic (exact) mass is 427 g/mol. The third kappa shape index (κ3) is 4.63. The van der Waals surface area contributed by atoms with Crippen LogP contribution in [0.25, 0.3) is 0 Å². The smallest absolute Gasteiger partial charge is 0.435 e. The summed E-state index contributed by atoms with van der Waals surface area (Å²) in [5, 5.41) is 6.47. The van der Waals surface area contributed by atoms with Crippen LogP contribution in [-0.2, 0) is 12.7 Å². The zero-order chi connectivity index (χ0) is 21.9. The van der Waals surface area contributed by atoms with Gasteiger partial charge < -0.3 is 19.5 Å². The number of alkyl halides is 3. The Labute approximate surface area is 172 Å². The molecule has 3 rings (SSSR count). The van der Waals surface area contributed by atoms with Gasteiger partial charge in [0.15, 0.2) is 17.2 Å². The van der Waals surface area contributed by atoms with Crippen LogP contribution >= 0.6 is 0 Å². The Morgan fingerprint density at radius 3 is 2.43 bits per heavy atom. The van der Waals surface area contributed by atoms with E-state index < -0.39 is 11.9 Å². The SMILES string of the molecule is COc1ccc(C(=O)NCCCn2nc(C(F)(F)F)cc2C2CC2)c(OC)c1OC. The largest absolute Gasteiger partial charge is 0.493 e. The van der Waals surface area contributed by atoms with E-state index in [0.717, 1.165) is 18.9 Å². The Hall–Kier alpha value is -2.91. The van der Waals surface area contributed by atoms with Crippen LogP contribution in [0.3, 0.4) is 0 Å². The molecule has 0 atom stereocenters. The van der Waals surface area contributed by atoms with Crippen LogP contribution in [-0.4, -0.2) is 43.6 Å². The van der Waals surface area contributed by atoms with E-state index in [9.17, 15) is 18.0 Å². The number of ether oxygens (including phenoxy) is 3. The van der Waals surface area contributed by atoms with Gasteiger partial charge in [0, 0.05) is 24.7 Å². The molecule has 0 radical (unpaired) electrons. The molecule has 1 heterocycles. The van der Waals surface area contributed by atoms with Crippen LogP contribution in [0, 0.1) is 0 Å². The van der Waals surface area contributed by atoms with Gasteiger partial charge in [-0.15, -0.1) is 0 Å². The highest BCUT2D eigenvalue weighted by atomic mass is 19.4. The van der Waals surface area contributed by atoms with Gasteiger partial charge in [-0.1, -0.05) is 0 Å². The molecule has 10 heteroatoms. The summed E-state index contributed by atoms with van der Waals surface area (Å²) in [5.41, 5.74) is 0.00553. The van der Waals surface area contributed by atoms with E-state index in [1.807, 2.05) is 0 Å². The lowest BCUT2D eigenvalue weighted by atomic mass is 10.1. The van der Waals surface area contributed by atoms with Crippen molar-refractivity contribution >= 4 is 5.91 Å². The Kier molecular flexibility index (Phi) is 6.42. The van der Waals surface area contributed by atoms with Gasteiger partial charge in [-0.2, -0.15) is 18.3 Å².